The Morgan fingerprint density at radius 1 is 1.35 bits per heavy atom. The van der Waals surface area contributed by atoms with E-state index in [0.717, 1.165) is 30.2 Å². The van der Waals surface area contributed by atoms with Gasteiger partial charge in [-0.15, -0.1) is 0 Å². The molecule has 1 aromatic heterocycles. The number of ether oxygens (including phenoxy) is 1. The predicted octanol–water partition coefficient (Wildman–Crippen LogP) is 3.51. The first-order chi connectivity index (χ1) is 15.9. The van der Waals surface area contributed by atoms with Gasteiger partial charge in [0.2, 0.25) is 5.88 Å². The van der Waals surface area contributed by atoms with Crippen molar-refractivity contribution in [3.8, 4) is 11.9 Å². The van der Waals surface area contributed by atoms with Crippen molar-refractivity contribution in [3.63, 3.8) is 0 Å². The summed E-state index contributed by atoms with van der Waals surface area (Å²) in [6.07, 6.45) is -2.50. The number of fused-ring (bicyclic) bond motifs is 1. The Labute approximate surface area is 193 Å². The number of aliphatic imine (C=N–C) groups is 1. The average molecular weight is 498 g/mol. The normalized spacial score (nSPS) is 25.6. The molecule has 0 saturated heterocycles. The smallest absolute Gasteiger partial charge is 0.422 e. The Balaban J connectivity index is 1.57. The number of hydrogen-bond donors (Lipinski definition) is 2. The van der Waals surface area contributed by atoms with Crippen LogP contribution in [0.25, 0.3) is 0 Å². The van der Waals surface area contributed by atoms with E-state index in [2.05, 4.69) is 31.1 Å². The summed E-state index contributed by atoms with van der Waals surface area (Å²) in [4.78, 5) is 24.0. The van der Waals surface area contributed by atoms with E-state index in [-0.39, 0.29) is 22.1 Å². The second-order valence-electron chi connectivity index (χ2n) is 7.88. The quantitative estimate of drug-likeness (QED) is 0.604. The van der Waals surface area contributed by atoms with Crippen LogP contribution in [0.4, 0.5) is 27.6 Å². The Bertz CT molecular complexity index is 1230. The zero-order valence-corrected chi connectivity index (χ0v) is 18.1. The van der Waals surface area contributed by atoms with Crippen LogP contribution in [0.3, 0.4) is 0 Å². The third kappa shape index (κ3) is 4.35. The molecule has 1 aromatic carbocycles. The number of benzene rings is 1. The number of nitrogens with one attached hydrogen (secondary N) is 1. The van der Waals surface area contributed by atoms with E-state index >= 15 is 0 Å². The van der Waals surface area contributed by atoms with Crippen LogP contribution < -0.4 is 15.8 Å². The van der Waals surface area contributed by atoms with E-state index in [1.165, 1.54) is 13.0 Å². The Morgan fingerprint density at radius 2 is 2.09 bits per heavy atom. The highest BCUT2D eigenvalue weighted by atomic mass is 32.2. The van der Waals surface area contributed by atoms with Gasteiger partial charge in [0.05, 0.1) is 24.0 Å². The van der Waals surface area contributed by atoms with E-state index in [9.17, 15) is 32.0 Å². The fourth-order valence-corrected chi connectivity index (χ4v) is 5.08. The third-order valence-electron chi connectivity index (χ3n) is 5.48. The predicted molar refractivity (Wildman–Crippen MR) is 111 cm³/mol. The maximum absolute atomic E-state index is 14.8. The Hall–Kier alpha value is -3.47. The van der Waals surface area contributed by atoms with E-state index in [4.69, 9.17) is 5.73 Å². The van der Waals surface area contributed by atoms with Gasteiger partial charge in [-0.3, -0.25) is 9.79 Å². The molecule has 1 aliphatic carbocycles. The summed E-state index contributed by atoms with van der Waals surface area (Å²) in [6.45, 7) is -0.0405. The van der Waals surface area contributed by atoms with Gasteiger partial charge in [-0.25, -0.2) is 18.7 Å². The minimum absolute atomic E-state index is 0.0650. The first-order valence-electron chi connectivity index (χ1n) is 9.65. The number of thioether (sulfide) groups is 1. The molecular formula is C20H15F5N6O2S. The minimum atomic E-state index is -4.57. The fourth-order valence-electron chi connectivity index (χ4n) is 3.81. The molecule has 1 fully saturated rings. The van der Waals surface area contributed by atoms with Crippen molar-refractivity contribution in [2.24, 2.45) is 16.6 Å². The number of carbonyl (C=O) groups excluding carboxylic acids is 1. The summed E-state index contributed by atoms with van der Waals surface area (Å²) in [5, 5.41) is 11.9. The van der Waals surface area contributed by atoms with Crippen molar-refractivity contribution < 1.29 is 31.5 Å². The topological polar surface area (TPSA) is 126 Å². The molecule has 0 radical (unpaired) electrons. The monoisotopic (exact) mass is 498 g/mol. The van der Waals surface area contributed by atoms with Gasteiger partial charge in [-0.1, -0.05) is 11.8 Å². The van der Waals surface area contributed by atoms with E-state index in [0.29, 0.717) is 6.42 Å². The Kier molecular flexibility index (Phi) is 5.63. The summed E-state index contributed by atoms with van der Waals surface area (Å²) in [5.74, 6) is -4.19. The molecule has 3 N–H and O–H groups in total. The molecule has 1 aliphatic heterocycles. The van der Waals surface area contributed by atoms with Crippen LogP contribution in [-0.4, -0.2) is 38.6 Å². The van der Waals surface area contributed by atoms with Crippen molar-refractivity contribution >= 4 is 28.5 Å². The summed E-state index contributed by atoms with van der Waals surface area (Å²) < 4.78 is 69.4. The molecule has 8 nitrogen and oxygen atoms in total. The number of amides is 1. The third-order valence-corrected chi connectivity index (χ3v) is 6.69. The number of carbonyl (C=O) groups is 1. The molecule has 3 atom stereocenters. The lowest BCUT2D eigenvalue weighted by molar-refractivity contribution is -0.154. The van der Waals surface area contributed by atoms with Crippen LogP contribution in [0, 0.1) is 28.9 Å². The van der Waals surface area contributed by atoms with Gasteiger partial charge < -0.3 is 15.8 Å². The lowest BCUT2D eigenvalue weighted by Gasteiger charge is -2.32. The number of nitrogens with zero attached hydrogens (tertiary/aromatic N) is 4. The maximum atomic E-state index is 14.8. The fraction of sp³-hybridized carbons (Fsp3) is 0.350. The number of anilines is 1. The largest absolute Gasteiger partial charge is 0.467 e. The highest BCUT2D eigenvalue weighted by Crippen LogP contribution is 2.65. The molecule has 4 rings (SSSR count). The highest BCUT2D eigenvalue weighted by molar-refractivity contribution is 8.15. The van der Waals surface area contributed by atoms with Crippen LogP contribution in [0.15, 0.2) is 29.5 Å². The molecule has 0 bridgehead atoms. The lowest BCUT2D eigenvalue weighted by Crippen LogP contribution is -2.35. The molecular weight excluding hydrogens is 483 g/mol. The van der Waals surface area contributed by atoms with Gasteiger partial charge >= 0.3 is 6.18 Å². The van der Waals surface area contributed by atoms with Crippen LogP contribution >= 0.6 is 11.8 Å². The van der Waals surface area contributed by atoms with Crippen LogP contribution in [-0.2, 0) is 5.54 Å². The van der Waals surface area contributed by atoms with Gasteiger partial charge in [0, 0.05) is 23.2 Å². The van der Waals surface area contributed by atoms with Crippen molar-refractivity contribution in [2.75, 3.05) is 11.9 Å². The number of rotatable bonds is 5. The lowest BCUT2D eigenvalue weighted by atomic mass is 9.85. The van der Waals surface area contributed by atoms with Crippen LogP contribution in [0.1, 0.15) is 29.4 Å². The SMILES string of the molecule is C[C@]1(c2cc(NC(=O)c3cnc(OCC(F)(F)F)cn3)cc(F)c2F)N=C(N)S[C@@]2(C#N)C[C@H]21. The molecule has 14 heteroatoms. The number of halogens is 5. The number of nitriles is 1. The maximum Gasteiger partial charge on any atom is 0.422 e. The standard InChI is InChI=1S/C20H15F5N6O2S/c1-18(13-4-19(13,7-26)34-17(27)31-18)10-2-9(3-11(21)15(10)22)30-16(32)12-5-29-14(6-28-12)33-8-20(23,24)25/h2-3,5-6,13H,4,8H2,1H3,(H2,27,31)(H,30,32)/t13-,18+,19+/m0/s1. The second-order valence-corrected chi connectivity index (χ2v) is 9.23. The number of hydrogen-bond acceptors (Lipinski definition) is 8. The van der Waals surface area contributed by atoms with Gasteiger partial charge in [0.1, 0.15) is 10.4 Å². The zero-order valence-electron chi connectivity index (χ0n) is 17.3. The van der Waals surface area contributed by atoms with E-state index < -0.39 is 52.4 Å². The first-order valence-corrected chi connectivity index (χ1v) is 10.5. The summed E-state index contributed by atoms with van der Waals surface area (Å²) in [5.41, 5.74) is 3.89. The van der Waals surface area contributed by atoms with Crippen LogP contribution in [0.2, 0.25) is 0 Å². The molecule has 0 unspecified atom stereocenters. The van der Waals surface area contributed by atoms with E-state index in [1.807, 2.05) is 0 Å². The molecule has 2 aromatic rings. The second kappa shape index (κ2) is 8.08. The molecule has 0 spiro atoms. The molecule has 2 heterocycles. The summed E-state index contributed by atoms with van der Waals surface area (Å²) in [7, 11) is 0. The molecule has 2 aliphatic rings. The molecule has 178 valence electrons. The average Bonchev–Trinajstić information content (AvgIpc) is 3.50. The van der Waals surface area contributed by atoms with Gasteiger partial charge in [0.25, 0.3) is 5.91 Å². The first kappa shape index (κ1) is 23.7. The van der Waals surface area contributed by atoms with Crippen molar-refractivity contribution in [2.45, 2.75) is 29.8 Å². The molecule has 1 saturated carbocycles. The number of aromatic nitrogens is 2. The number of alkyl halides is 3. The summed E-state index contributed by atoms with van der Waals surface area (Å²) >= 11 is 1.08. The number of amidine groups is 1. The van der Waals surface area contributed by atoms with Gasteiger partial charge in [-0.2, -0.15) is 18.4 Å². The van der Waals surface area contributed by atoms with Crippen LogP contribution in [0.5, 0.6) is 5.88 Å². The minimum Gasteiger partial charge on any atom is -0.467 e. The van der Waals surface area contributed by atoms with E-state index in [1.54, 1.807) is 0 Å². The molecule has 1 amide bonds. The summed E-state index contributed by atoms with van der Waals surface area (Å²) in [6, 6.07) is 4.11. The highest BCUT2D eigenvalue weighted by Gasteiger charge is 2.67. The Morgan fingerprint density at radius 3 is 2.71 bits per heavy atom. The van der Waals surface area contributed by atoms with Gasteiger partial charge in [0.15, 0.2) is 23.4 Å². The zero-order chi connectivity index (χ0) is 24.9. The van der Waals surface area contributed by atoms with Gasteiger partial charge in [-0.05, 0) is 19.4 Å². The van der Waals surface area contributed by atoms with Crippen molar-refractivity contribution in [1.29, 1.82) is 5.26 Å². The van der Waals surface area contributed by atoms with Crippen molar-refractivity contribution in [3.05, 3.63) is 47.4 Å². The number of nitrogens with two attached hydrogens (primary N) is 1. The molecule has 34 heavy (non-hydrogen) atoms. The van der Waals surface area contributed by atoms with Crippen molar-refractivity contribution in [1.82, 2.24) is 9.97 Å².